The summed E-state index contributed by atoms with van der Waals surface area (Å²) in [6.45, 7) is 0.205. The second-order valence-electron chi connectivity index (χ2n) is 3.44. The first kappa shape index (κ1) is 12.7. The molecule has 3 N–H and O–H groups in total. The van der Waals surface area contributed by atoms with Crippen molar-refractivity contribution in [1.29, 1.82) is 0 Å². The lowest BCUT2D eigenvalue weighted by Gasteiger charge is -2.19. The summed E-state index contributed by atoms with van der Waals surface area (Å²) in [5.74, 6) is -2.68. The van der Waals surface area contributed by atoms with Crippen LogP contribution < -0.4 is 10.6 Å². The van der Waals surface area contributed by atoms with Crippen LogP contribution in [0.2, 0.25) is 10.0 Å². The SMILES string of the molecule is O=C(O)C(=O)NC1=NCc2c(ccc(Cl)c2Cl)N1. The topological polar surface area (TPSA) is 90.8 Å². The predicted molar refractivity (Wildman–Crippen MR) is 67.0 cm³/mol. The van der Waals surface area contributed by atoms with Crippen molar-refractivity contribution in [2.45, 2.75) is 6.54 Å². The molecule has 0 saturated carbocycles. The lowest BCUT2D eigenvalue weighted by atomic mass is 10.1. The molecule has 0 aliphatic carbocycles. The van der Waals surface area contributed by atoms with Gasteiger partial charge in [0.1, 0.15) is 0 Å². The minimum atomic E-state index is -1.58. The summed E-state index contributed by atoms with van der Waals surface area (Å²) in [4.78, 5) is 25.3. The van der Waals surface area contributed by atoms with Crippen molar-refractivity contribution < 1.29 is 14.7 Å². The van der Waals surface area contributed by atoms with E-state index in [0.29, 0.717) is 21.3 Å². The summed E-state index contributed by atoms with van der Waals surface area (Å²) in [5.41, 5.74) is 1.32. The van der Waals surface area contributed by atoms with E-state index in [-0.39, 0.29) is 12.5 Å². The van der Waals surface area contributed by atoms with E-state index in [1.54, 1.807) is 12.1 Å². The minimum absolute atomic E-state index is 0.0632. The summed E-state index contributed by atoms with van der Waals surface area (Å²) in [6, 6.07) is 3.27. The number of hydrogen-bond acceptors (Lipinski definition) is 4. The molecule has 6 nitrogen and oxygen atoms in total. The Labute approximate surface area is 112 Å². The third kappa shape index (κ3) is 2.39. The molecule has 0 saturated heterocycles. The van der Waals surface area contributed by atoms with Gasteiger partial charge in [0.15, 0.2) is 0 Å². The number of nitrogens with zero attached hydrogens (tertiary/aromatic N) is 1. The van der Waals surface area contributed by atoms with Crippen molar-refractivity contribution in [2.75, 3.05) is 5.32 Å². The summed E-state index contributed by atoms with van der Waals surface area (Å²) < 4.78 is 0. The monoisotopic (exact) mass is 287 g/mol. The highest BCUT2D eigenvalue weighted by Gasteiger charge is 2.19. The van der Waals surface area contributed by atoms with Crippen molar-refractivity contribution in [2.24, 2.45) is 4.99 Å². The van der Waals surface area contributed by atoms with Gasteiger partial charge in [-0.1, -0.05) is 23.2 Å². The zero-order valence-corrected chi connectivity index (χ0v) is 10.3. The molecule has 1 aromatic rings. The van der Waals surface area contributed by atoms with Crippen LogP contribution in [0.25, 0.3) is 0 Å². The van der Waals surface area contributed by atoms with Gasteiger partial charge in [-0.2, -0.15) is 0 Å². The molecule has 0 aromatic heterocycles. The van der Waals surface area contributed by atoms with Crippen molar-refractivity contribution in [3.63, 3.8) is 0 Å². The Morgan fingerprint density at radius 1 is 1.39 bits per heavy atom. The maximum Gasteiger partial charge on any atom is 0.394 e. The van der Waals surface area contributed by atoms with E-state index in [9.17, 15) is 9.59 Å². The van der Waals surface area contributed by atoms with Gasteiger partial charge in [0.2, 0.25) is 5.96 Å². The Morgan fingerprint density at radius 2 is 2.11 bits per heavy atom. The van der Waals surface area contributed by atoms with Crippen LogP contribution in [-0.2, 0) is 16.1 Å². The van der Waals surface area contributed by atoms with Crippen LogP contribution in [0.15, 0.2) is 17.1 Å². The minimum Gasteiger partial charge on any atom is -0.474 e. The van der Waals surface area contributed by atoms with E-state index in [1.165, 1.54) is 0 Å². The Balaban J connectivity index is 2.20. The van der Waals surface area contributed by atoms with E-state index < -0.39 is 11.9 Å². The molecule has 8 heteroatoms. The summed E-state index contributed by atoms with van der Waals surface area (Å²) in [7, 11) is 0. The number of guanidine groups is 1. The normalized spacial score (nSPS) is 13.1. The number of halogens is 2. The first-order chi connectivity index (χ1) is 8.49. The number of aliphatic carboxylic acids is 1. The molecule has 0 atom stereocenters. The number of aliphatic imine (C=N–C) groups is 1. The van der Waals surface area contributed by atoms with Gasteiger partial charge in [-0.25, -0.2) is 9.79 Å². The third-order valence-corrected chi connectivity index (χ3v) is 3.11. The molecule has 1 aromatic carbocycles. The molecule has 0 spiro atoms. The van der Waals surface area contributed by atoms with Gasteiger partial charge in [-0.3, -0.25) is 10.1 Å². The number of carbonyl (C=O) groups is 2. The van der Waals surface area contributed by atoms with Crippen LogP contribution in [0, 0.1) is 0 Å². The highest BCUT2D eigenvalue weighted by atomic mass is 35.5. The van der Waals surface area contributed by atoms with Gasteiger partial charge in [-0.15, -0.1) is 0 Å². The maximum absolute atomic E-state index is 11.0. The molecule has 1 heterocycles. The van der Waals surface area contributed by atoms with Gasteiger partial charge >= 0.3 is 11.9 Å². The van der Waals surface area contributed by atoms with Crippen LogP contribution in [0.5, 0.6) is 0 Å². The summed E-state index contributed by atoms with van der Waals surface area (Å²) in [5, 5.41) is 14.1. The first-order valence-corrected chi connectivity index (χ1v) is 5.57. The molecule has 1 aliphatic rings. The number of carbonyl (C=O) groups excluding carboxylic acids is 1. The zero-order valence-electron chi connectivity index (χ0n) is 8.83. The fourth-order valence-corrected chi connectivity index (χ4v) is 1.82. The summed E-state index contributed by atoms with van der Waals surface area (Å²) >= 11 is 11.8. The van der Waals surface area contributed by atoms with Crippen LogP contribution in [-0.4, -0.2) is 22.9 Å². The fourth-order valence-electron chi connectivity index (χ4n) is 1.42. The van der Waals surface area contributed by atoms with Crippen molar-refractivity contribution in [3.05, 3.63) is 27.7 Å². The molecule has 0 unspecified atom stereocenters. The molecule has 0 bridgehead atoms. The number of nitrogens with one attached hydrogen (secondary N) is 2. The Bertz CT molecular complexity index is 572. The predicted octanol–water partition coefficient (Wildman–Crippen LogP) is 1.48. The highest BCUT2D eigenvalue weighted by molar-refractivity contribution is 6.43. The number of rotatable bonds is 0. The molecular formula is C10H7Cl2N3O3. The number of carboxylic acids is 1. The van der Waals surface area contributed by atoms with Crippen LogP contribution >= 0.6 is 23.2 Å². The quantitative estimate of drug-likeness (QED) is 0.630. The van der Waals surface area contributed by atoms with E-state index in [0.717, 1.165) is 0 Å². The van der Waals surface area contributed by atoms with Gasteiger partial charge in [-0.05, 0) is 12.1 Å². The molecule has 1 aliphatic heterocycles. The van der Waals surface area contributed by atoms with E-state index in [1.807, 2.05) is 0 Å². The Hall–Kier alpha value is -1.79. The molecule has 0 fully saturated rings. The number of carboxylic acid groups (broad SMARTS) is 1. The Kier molecular flexibility index (Phi) is 3.40. The van der Waals surface area contributed by atoms with Crippen molar-refractivity contribution in [3.8, 4) is 0 Å². The first-order valence-electron chi connectivity index (χ1n) is 4.81. The smallest absolute Gasteiger partial charge is 0.394 e. The number of fused-ring (bicyclic) bond motifs is 1. The van der Waals surface area contributed by atoms with Gasteiger partial charge in [0, 0.05) is 11.3 Å². The second-order valence-corrected chi connectivity index (χ2v) is 4.22. The molecular weight excluding hydrogens is 281 g/mol. The number of hydrogen-bond donors (Lipinski definition) is 3. The second kappa shape index (κ2) is 4.83. The lowest BCUT2D eigenvalue weighted by molar-refractivity contribution is -0.149. The summed E-state index contributed by atoms with van der Waals surface area (Å²) in [6.07, 6.45) is 0. The zero-order chi connectivity index (χ0) is 13.3. The van der Waals surface area contributed by atoms with Gasteiger partial charge in [0.05, 0.1) is 16.6 Å². The van der Waals surface area contributed by atoms with Crippen LogP contribution in [0.1, 0.15) is 5.56 Å². The van der Waals surface area contributed by atoms with Gasteiger partial charge < -0.3 is 10.4 Å². The van der Waals surface area contributed by atoms with Crippen LogP contribution in [0.3, 0.4) is 0 Å². The largest absolute Gasteiger partial charge is 0.474 e. The molecule has 94 valence electrons. The fraction of sp³-hybridized carbons (Fsp3) is 0.100. The Morgan fingerprint density at radius 3 is 2.78 bits per heavy atom. The molecule has 0 radical (unpaired) electrons. The lowest BCUT2D eigenvalue weighted by Crippen LogP contribution is -2.41. The maximum atomic E-state index is 11.0. The molecule has 18 heavy (non-hydrogen) atoms. The highest BCUT2D eigenvalue weighted by Crippen LogP contribution is 2.33. The van der Waals surface area contributed by atoms with Gasteiger partial charge in [0.25, 0.3) is 0 Å². The van der Waals surface area contributed by atoms with Crippen molar-refractivity contribution in [1.82, 2.24) is 5.32 Å². The van der Waals surface area contributed by atoms with Crippen LogP contribution in [0.4, 0.5) is 5.69 Å². The number of amides is 1. The average Bonchev–Trinajstić information content (AvgIpc) is 2.34. The molecule has 2 rings (SSSR count). The average molecular weight is 288 g/mol. The number of anilines is 1. The number of benzene rings is 1. The van der Waals surface area contributed by atoms with E-state index in [2.05, 4.69) is 15.6 Å². The van der Waals surface area contributed by atoms with E-state index in [4.69, 9.17) is 28.3 Å². The standard InChI is InChI=1S/C10H7Cl2N3O3/c11-5-1-2-6-4(7(5)12)3-13-10(14-6)15-8(16)9(17)18/h1-2H,3H2,(H,17,18)(H2,13,14,15,16). The van der Waals surface area contributed by atoms with E-state index >= 15 is 0 Å². The third-order valence-electron chi connectivity index (χ3n) is 2.27. The molecule has 1 amide bonds. The van der Waals surface area contributed by atoms with Crippen molar-refractivity contribution >= 4 is 46.7 Å².